The summed E-state index contributed by atoms with van der Waals surface area (Å²) >= 11 is 0. The van der Waals surface area contributed by atoms with Crippen molar-refractivity contribution >= 4 is 16.9 Å². The molecular weight excluding hydrogens is 250 g/mol. The highest BCUT2D eigenvalue weighted by molar-refractivity contribution is 5.79. The number of carbonyl (C=O) groups is 1. The Kier molecular flexibility index (Phi) is 3.90. The average molecular weight is 269 g/mol. The van der Waals surface area contributed by atoms with Crippen LogP contribution in [-0.2, 0) is 11.3 Å². The zero-order valence-corrected chi connectivity index (χ0v) is 11.5. The van der Waals surface area contributed by atoms with E-state index >= 15 is 0 Å². The third-order valence-electron chi connectivity index (χ3n) is 3.98. The number of carbonyl (C=O) groups excluding carboxylic acids is 1. The van der Waals surface area contributed by atoms with E-state index in [1.165, 1.54) is 19.3 Å². The standard InChI is InChI=1S/C16H19N3O/c20-16(13-4-2-1-3-5-13)19-11-12-6-7-14-15(10-12)18-9-8-17-14/h6-10,13H,1-5,11H2,(H,19,20). The van der Waals surface area contributed by atoms with E-state index in [1.807, 2.05) is 18.2 Å². The molecular formula is C16H19N3O. The fourth-order valence-electron chi connectivity index (χ4n) is 2.82. The molecule has 1 N–H and O–H groups in total. The minimum Gasteiger partial charge on any atom is -0.352 e. The molecule has 4 nitrogen and oxygen atoms in total. The molecule has 1 fully saturated rings. The van der Waals surface area contributed by atoms with Crippen molar-refractivity contribution in [2.75, 3.05) is 0 Å². The van der Waals surface area contributed by atoms with Crippen molar-refractivity contribution in [2.24, 2.45) is 5.92 Å². The van der Waals surface area contributed by atoms with Crippen molar-refractivity contribution in [3.8, 4) is 0 Å². The fraction of sp³-hybridized carbons (Fsp3) is 0.438. The molecule has 104 valence electrons. The highest BCUT2D eigenvalue weighted by Gasteiger charge is 2.20. The summed E-state index contributed by atoms with van der Waals surface area (Å²) in [5.74, 6) is 0.410. The van der Waals surface area contributed by atoms with Gasteiger partial charge in [-0.3, -0.25) is 14.8 Å². The molecule has 3 rings (SSSR count). The van der Waals surface area contributed by atoms with E-state index in [4.69, 9.17) is 0 Å². The van der Waals surface area contributed by atoms with E-state index in [0.717, 1.165) is 29.4 Å². The van der Waals surface area contributed by atoms with Crippen molar-refractivity contribution in [2.45, 2.75) is 38.6 Å². The van der Waals surface area contributed by atoms with Crippen LogP contribution in [0.1, 0.15) is 37.7 Å². The molecule has 1 aromatic carbocycles. The maximum Gasteiger partial charge on any atom is 0.223 e. The van der Waals surface area contributed by atoms with Crippen LogP contribution in [0.15, 0.2) is 30.6 Å². The third kappa shape index (κ3) is 2.95. The number of amides is 1. The van der Waals surface area contributed by atoms with E-state index in [0.29, 0.717) is 6.54 Å². The van der Waals surface area contributed by atoms with E-state index in [9.17, 15) is 4.79 Å². The molecule has 0 unspecified atom stereocenters. The Balaban J connectivity index is 1.62. The third-order valence-corrected chi connectivity index (χ3v) is 3.98. The average Bonchev–Trinajstić information content (AvgIpc) is 2.53. The van der Waals surface area contributed by atoms with Crippen molar-refractivity contribution in [1.82, 2.24) is 15.3 Å². The summed E-state index contributed by atoms with van der Waals surface area (Å²) in [7, 11) is 0. The summed E-state index contributed by atoms with van der Waals surface area (Å²) in [5, 5.41) is 3.05. The van der Waals surface area contributed by atoms with Crippen molar-refractivity contribution < 1.29 is 4.79 Å². The Morgan fingerprint density at radius 1 is 1.10 bits per heavy atom. The topological polar surface area (TPSA) is 54.9 Å². The summed E-state index contributed by atoms with van der Waals surface area (Å²) in [4.78, 5) is 20.6. The second kappa shape index (κ2) is 5.99. The minimum absolute atomic E-state index is 0.198. The fourth-order valence-corrected chi connectivity index (χ4v) is 2.82. The van der Waals surface area contributed by atoms with Gasteiger partial charge in [0.25, 0.3) is 0 Å². The maximum atomic E-state index is 12.1. The van der Waals surface area contributed by atoms with Gasteiger partial charge in [-0.1, -0.05) is 25.3 Å². The van der Waals surface area contributed by atoms with Crippen LogP contribution in [0.4, 0.5) is 0 Å². The number of nitrogens with zero attached hydrogens (tertiary/aromatic N) is 2. The van der Waals surface area contributed by atoms with Crippen LogP contribution < -0.4 is 5.32 Å². The molecule has 1 aromatic heterocycles. The van der Waals surface area contributed by atoms with Gasteiger partial charge in [-0.05, 0) is 30.5 Å². The van der Waals surface area contributed by atoms with Gasteiger partial charge in [0.1, 0.15) is 0 Å². The quantitative estimate of drug-likeness (QED) is 0.932. The van der Waals surface area contributed by atoms with Crippen molar-refractivity contribution in [3.05, 3.63) is 36.2 Å². The molecule has 0 aliphatic heterocycles. The lowest BCUT2D eigenvalue weighted by molar-refractivity contribution is -0.126. The molecule has 0 spiro atoms. The van der Waals surface area contributed by atoms with E-state index in [-0.39, 0.29) is 11.8 Å². The predicted molar refractivity (Wildman–Crippen MR) is 78.0 cm³/mol. The first-order chi connectivity index (χ1) is 9.83. The lowest BCUT2D eigenvalue weighted by Gasteiger charge is -2.20. The molecule has 1 saturated carbocycles. The van der Waals surface area contributed by atoms with Gasteiger partial charge in [0.05, 0.1) is 11.0 Å². The summed E-state index contributed by atoms with van der Waals surface area (Å²) in [5.41, 5.74) is 2.83. The van der Waals surface area contributed by atoms with E-state index < -0.39 is 0 Å². The lowest BCUT2D eigenvalue weighted by Crippen LogP contribution is -2.31. The number of rotatable bonds is 3. The second-order valence-electron chi connectivity index (χ2n) is 5.43. The second-order valence-corrected chi connectivity index (χ2v) is 5.43. The van der Waals surface area contributed by atoms with Crippen molar-refractivity contribution in [1.29, 1.82) is 0 Å². The van der Waals surface area contributed by atoms with Crippen LogP contribution in [0.5, 0.6) is 0 Å². The monoisotopic (exact) mass is 269 g/mol. The number of fused-ring (bicyclic) bond motifs is 1. The molecule has 1 amide bonds. The molecule has 0 bridgehead atoms. The van der Waals surface area contributed by atoms with Gasteiger partial charge in [-0.25, -0.2) is 0 Å². The number of hydrogen-bond acceptors (Lipinski definition) is 3. The van der Waals surface area contributed by atoms with Crippen LogP contribution in [0.25, 0.3) is 11.0 Å². The summed E-state index contributed by atoms with van der Waals surface area (Å²) < 4.78 is 0. The van der Waals surface area contributed by atoms with Crippen LogP contribution in [0, 0.1) is 5.92 Å². The normalized spacial score (nSPS) is 16.2. The van der Waals surface area contributed by atoms with Crippen LogP contribution in [0.2, 0.25) is 0 Å². The Morgan fingerprint density at radius 3 is 2.65 bits per heavy atom. The van der Waals surface area contributed by atoms with Gasteiger partial charge in [-0.2, -0.15) is 0 Å². The van der Waals surface area contributed by atoms with E-state index in [2.05, 4.69) is 15.3 Å². The van der Waals surface area contributed by atoms with Gasteiger partial charge in [0, 0.05) is 24.9 Å². The molecule has 1 aliphatic rings. The zero-order valence-electron chi connectivity index (χ0n) is 11.5. The van der Waals surface area contributed by atoms with Gasteiger partial charge >= 0.3 is 0 Å². The Hall–Kier alpha value is -1.97. The largest absolute Gasteiger partial charge is 0.352 e. The summed E-state index contributed by atoms with van der Waals surface area (Å²) in [6.07, 6.45) is 9.09. The number of aromatic nitrogens is 2. The Labute approximate surface area is 118 Å². The lowest BCUT2D eigenvalue weighted by atomic mass is 9.88. The number of hydrogen-bond donors (Lipinski definition) is 1. The summed E-state index contributed by atoms with van der Waals surface area (Å²) in [6, 6.07) is 5.94. The van der Waals surface area contributed by atoms with Crippen LogP contribution in [-0.4, -0.2) is 15.9 Å². The summed E-state index contributed by atoms with van der Waals surface area (Å²) in [6.45, 7) is 0.571. The molecule has 2 aromatic rings. The van der Waals surface area contributed by atoms with Gasteiger partial charge in [-0.15, -0.1) is 0 Å². The molecule has 0 atom stereocenters. The Bertz CT molecular complexity index is 605. The van der Waals surface area contributed by atoms with Crippen LogP contribution >= 0.6 is 0 Å². The first kappa shape index (κ1) is 13.0. The molecule has 0 radical (unpaired) electrons. The zero-order chi connectivity index (χ0) is 13.8. The molecule has 20 heavy (non-hydrogen) atoms. The maximum absolute atomic E-state index is 12.1. The van der Waals surface area contributed by atoms with Gasteiger partial charge in [0.15, 0.2) is 0 Å². The molecule has 4 heteroatoms. The highest BCUT2D eigenvalue weighted by Crippen LogP contribution is 2.23. The van der Waals surface area contributed by atoms with Gasteiger partial charge < -0.3 is 5.32 Å². The first-order valence-electron chi connectivity index (χ1n) is 7.30. The molecule has 0 saturated heterocycles. The minimum atomic E-state index is 0.198. The van der Waals surface area contributed by atoms with Gasteiger partial charge in [0.2, 0.25) is 5.91 Å². The van der Waals surface area contributed by atoms with Crippen LogP contribution in [0.3, 0.4) is 0 Å². The highest BCUT2D eigenvalue weighted by atomic mass is 16.1. The van der Waals surface area contributed by atoms with E-state index in [1.54, 1.807) is 12.4 Å². The number of nitrogens with one attached hydrogen (secondary N) is 1. The Morgan fingerprint density at radius 2 is 1.85 bits per heavy atom. The predicted octanol–water partition coefficient (Wildman–Crippen LogP) is 2.83. The smallest absolute Gasteiger partial charge is 0.223 e. The van der Waals surface area contributed by atoms with Crippen molar-refractivity contribution in [3.63, 3.8) is 0 Å². The molecule has 1 aliphatic carbocycles. The molecule has 1 heterocycles. The number of benzene rings is 1. The SMILES string of the molecule is O=C(NCc1ccc2nccnc2c1)C1CCCCC1. The first-order valence-corrected chi connectivity index (χ1v) is 7.30.